The van der Waals surface area contributed by atoms with E-state index in [4.69, 9.17) is 0 Å². The fourth-order valence-electron chi connectivity index (χ4n) is 3.20. The molecule has 1 rings (SSSR count). The maximum absolute atomic E-state index is 2.84. The summed E-state index contributed by atoms with van der Waals surface area (Å²) in [5, 5.41) is 0. The van der Waals surface area contributed by atoms with Crippen LogP contribution in [0.15, 0.2) is 30.3 Å². The van der Waals surface area contributed by atoms with E-state index >= 15 is 0 Å². The van der Waals surface area contributed by atoms with Crippen LogP contribution in [0.5, 0.6) is 0 Å². The van der Waals surface area contributed by atoms with E-state index in [0.717, 1.165) is 6.54 Å². The molecule has 0 aliphatic carbocycles. The second-order valence-electron chi connectivity index (χ2n) is 6.53. The number of benzene rings is 1. The smallest absolute Gasteiger partial charge is 0.128 e. The van der Waals surface area contributed by atoms with Gasteiger partial charge in [0.25, 0.3) is 0 Å². The lowest BCUT2D eigenvalue weighted by Gasteiger charge is -2.49. The van der Waals surface area contributed by atoms with Crippen LogP contribution in [0.25, 0.3) is 0 Å². The first-order chi connectivity index (χ1) is 8.89. The number of nitrogens with zero attached hydrogens (tertiary/aromatic N) is 1. The van der Waals surface area contributed by atoms with Crippen LogP contribution in [0, 0.1) is 0 Å². The van der Waals surface area contributed by atoms with Crippen molar-refractivity contribution in [2.45, 2.75) is 71.8 Å². The molecule has 0 aliphatic rings. The second kappa shape index (κ2) is 6.71. The fraction of sp³-hybridized carbons (Fsp3) is 0.647. The van der Waals surface area contributed by atoms with Gasteiger partial charge < -0.3 is 4.57 Å². The van der Waals surface area contributed by atoms with Crippen LogP contribution >= 0.6 is 0 Å². The lowest BCUT2D eigenvalue weighted by molar-refractivity contribution is 0.227. The molecule has 0 radical (unpaired) electrons. The average Bonchev–Trinajstić information content (AvgIpc) is 2.40. The molecule has 0 unspecified atom stereocenters. The van der Waals surface area contributed by atoms with Crippen molar-refractivity contribution in [3.8, 4) is 0 Å². The third kappa shape index (κ3) is 3.93. The molecule has 1 nitrogen and oxygen atoms in total. The van der Waals surface area contributed by atoms with Crippen molar-refractivity contribution >= 4 is 8.24 Å². The van der Waals surface area contributed by atoms with Gasteiger partial charge in [-0.1, -0.05) is 51.1 Å². The Morgan fingerprint density at radius 1 is 0.895 bits per heavy atom. The molecule has 0 amide bonds. The van der Waals surface area contributed by atoms with Gasteiger partial charge >= 0.3 is 0 Å². The SMILES string of the molecule is CC[Si](CC)(CC)N(Cc1ccccc1)C(C)(C)C. The summed E-state index contributed by atoms with van der Waals surface area (Å²) in [6.07, 6.45) is 0. The van der Waals surface area contributed by atoms with Gasteiger partial charge in [-0.25, -0.2) is 0 Å². The topological polar surface area (TPSA) is 3.24 Å². The van der Waals surface area contributed by atoms with E-state index in [1.807, 2.05) is 0 Å². The molecule has 0 aliphatic heterocycles. The first-order valence-electron chi connectivity index (χ1n) is 7.71. The zero-order valence-corrected chi connectivity index (χ0v) is 14.7. The van der Waals surface area contributed by atoms with E-state index in [9.17, 15) is 0 Å². The van der Waals surface area contributed by atoms with Gasteiger partial charge in [0.15, 0.2) is 0 Å². The van der Waals surface area contributed by atoms with Crippen molar-refractivity contribution in [2.75, 3.05) is 0 Å². The fourth-order valence-corrected chi connectivity index (χ4v) is 7.79. The summed E-state index contributed by atoms with van der Waals surface area (Å²) >= 11 is 0. The average molecular weight is 278 g/mol. The molecule has 2 heteroatoms. The summed E-state index contributed by atoms with van der Waals surface area (Å²) in [6.45, 7) is 15.4. The highest BCUT2D eigenvalue weighted by molar-refractivity contribution is 6.77. The van der Waals surface area contributed by atoms with E-state index in [2.05, 4.69) is 76.4 Å². The van der Waals surface area contributed by atoms with E-state index in [1.54, 1.807) is 0 Å². The molecule has 0 aromatic heterocycles. The molecular formula is C17H31NSi. The minimum Gasteiger partial charge on any atom is -0.315 e. The summed E-state index contributed by atoms with van der Waals surface area (Å²) in [5.74, 6) is 0. The molecule has 0 saturated carbocycles. The summed E-state index contributed by atoms with van der Waals surface area (Å²) in [4.78, 5) is 0. The van der Waals surface area contributed by atoms with Crippen LogP contribution in [-0.4, -0.2) is 18.3 Å². The van der Waals surface area contributed by atoms with Crippen molar-refractivity contribution < 1.29 is 0 Å². The van der Waals surface area contributed by atoms with Gasteiger partial charge in [-0.2, -0.15) is 0 Å². The highest BCUT2D eigenvalue weighted by Gasteiger charge is 2.40. The molecule has 0 atom stereocenters. The van der Waals surface area contributed by atoms with Crippen molar-refractivity contribution in [1.82, 2.24) is 4.57 Å². The molecule has 0 N–H and O–H groups in total. The Balaban J connectivity index is 3.08. The zero-order valence-electron chi connectivity index (χ0n) is 13.7. The van der Waals surface area contributed by atoms with E-state index in [-0.39, 0.29) is 5.54 Å². The summed E-state index contributed by atoms with van der Waals surface area (Å²) in [6, 6.07) is 15.0. The lowest BCUT2D eigenvalue weighted by atomic mass is 10.1. The molecule has 1 aromatic carbocycles. The van der Waals surface area contributed by atoms with Crippen molar-refractivity contribution in [3.05, 3.63) is 35.9 Å². The molecule has 0 bridgehead atoms. The summed E-state index contributed by atoms with van der Waals surface area (Å²) < 4.78 is 2.84. The molecule has 0 fully saturated rings. The van der Waals surface area contributed by atoms with Crippen molar-refractivity contribution in [3.63, 3.8) is 0 Å². The minimum absolute atomic E-state index is 0.254. The van der Waals surface area contributed by atoms with Gasteiger partial charge in [0, 0.05) is 12.1 Å². The van der Waals surface area contributed by atoms with E-state index < -0.39 is 8.24 Å². The highest BCUT2D eigenvalue weighted by Crippen LogP contribution is 2.33. The Bertz CT molecular complexity index is 354. The predicted octanol–water partition coefficient (Wildman–Crippen LogP) is 5.29. The summed E-state index contributed by atoms with van der Waals surface area (Å²) in [5.41, 5.74) is 1.70. The van der Waals surface area contributed by atoms with Crippen LogP contribution in [0.1, 0.15) is 47.1 Å². The molecular weight excluding hydrogens is 246 g/mol. The molecule has 0 heterocycles. The number of hydrogen-bond acceptors (Lipinski definition) is 1. The van der Waals surface area contributed by atoms with Gasteiger partial charge in [-0.3, -0.25) is 0 Å². The first kappa shape index (κ1) is 16.5. The molecule has 0 spiro atoms. The minimum atomic E-state index is -1.33. The third-order valence-corrected chi connectivity index (χ3v) is 10.5. The van der Waals surface area contributed by atoms with Gasteiger partial charge in [0.1, 0.15) is 8.24 Å². The Labute approximate surface area is 121 Å². The van der Waals surface area contributed by atoms with Gasteiger partial charge in [-0.05, 0) is 44.5 Å². The standard InChI is InChI=1S/C17H31NSi/c1-7-19(8-2,9-3)18(17(4,5)6)15-16-13-11-10-12-14-16/h10-14H,7-9,15H2,1-6H3. The van der Waals surface area contributed by atoms with Crippen LogP contribution < -0.4 is 0 Å². The number of hydrogen-bond donors (Lipinski definition) is 0. The maximum Gasteiger partial charge on any atom is 0.128 e. The second-order valence-corrected chi connectivity index (χ2v) is 11.6. The molecule has 0 saturated heterocycles. The van der Waals surface area contributed by atoms with Crippen molar-refractivity contribution in [2.24, 2.45) is 0 Å². The largest absolute Gasteiger partial charge is 0.315 e. The van der Waals surface area contributed by atoms with Crippen LogP contribution in [0.4, 0.5) is 0 Å². The van der Waals surface area contributed by atoms with E-state index in [1.165, 1.54) is 23.7 Å². The Hall–Kier alpha value is -0.603. The van der Waals surface area contributed by atoms with Crippen molar-refractivity contribution in [1.29, 1.82) is 0 Å². The first-order valence-corrected chi connectivity index (χ1v) is 10.3. The van der Waals surface area contributed by atoms with Crippen LogP contribution in [0.2, 0.25) is 18.1 Å². The normalized spacial score (nSPS) is 13.0. The predicted molar refractivity (Wildman–Crippen MR) is 88.9 cm³/mol. The lowest BCUT2D eigenvalue weighted by Crippen LogP contribution is -2.59. The summed E-state index contributed by atoms with van der Waals surface area (Å²) in [7, 11) is -1.33. The van der Waals surface area contributed by atoms with Gasteiger partial charge in [0.2, 0.25) is 0 Å². The third-order valence-electron chi connectivity index (χ3n) is 4.54. The molecule has 19 heavy (non-hydrogen) atoms. The highest BCUT2D eigenvalue weighted by atomic mass is 28.3. The van der Waals surface area contributed by atoms with E-state index in [0.29, 0.717) is 0 Å². The Morgan fingerprint density at radius 2 is 1.37 bits per heavy atom. The monoisotopic (exact) mass is 277 g/mol. The van der Waals surface area contributed by atoms with Crippen LogP contribution in [0.3, 0.4) is 0 Å². The Kier molecular flexibility index (Phi) is 5.81. The van der Waals surface area contributed by atoms with Gasteiger partial charge in [0.05, 0.1) is 0 Å². The van der Waals surface area contributed by atoms with Gasteiger partial charge in [-0.15, -0.1) is 0 Å². The molecule has 108 valence electrons. The molecule has 1 aromatic rings. The Morgan fingerprint density at radius 3 is 1.74 bits per heavy atom. The quantitative estimate of drug-likeness (QED) is 0.638. The number of rotatable bonds is 6. The maximum atomic E-state index is 2.84. The van der Waals surface area contributed by atoms with Crippen LogP contribution in [-0.2, 0) is 6.54 Å². The zero-order chi connectivity index (χ0) is 14.5.